The Bertz CT molecular complexity index is 134. The van der Waals surface area contributed by atoms with Crippen LogP contribution in [0.5, 0.6) is 0 Å². The van der Waals surface area contributed by atoms with Crippen LogP contribution >= 0.6 is 47.8 Å². The Labute approximate surface area is 82.9 Å². The van der Waals surface area contributed by atoms with Crippen LogP contribution in [-0.2, 0) is 0 Å². The van der Waals surface area contributed by atoms with Crippen LogP contribution in [0.25, 0.3) is 0 Å². The number of amides is 2. The molecule has 0 aliphatic carbocycles. The monoisotopic (exact) mass is 338 g/mol. The van der Waals surface area contributed by atoms with E-state index in [1.165, 1.54) is 0 Å². The third-order valence-electron chi connectivity index (χ3n) is 0.589. The number of nitrogens with one attached hydrogen (secondary N) is 1. The minimum atomic E-state index is -1.13. The second-order valence-electron chi connectivity index (χ2n) is 1.45. The van der Waals surface area contributed by atoms with Crippen LogP contribution in [0.2, 0.25) is 0 Å². The van der Waals surface area contributed by atoms with Gasteiger partial charge in [-0.05, 0) is 0 Å². The van der Waals surface area contributed by atoms with E-state index in [0.29, 0.717) is 0 Å². The molecule has 0 unspecified atom stereocenters. The zero-order valence-electron chi connectivity index (χ0n) is 4.64. The Hall–Kier alpha value is 0.670. The molecule has 7 heteroatoms. The SMILES string of the molecule is NC(=O)N[C@@H](O)C(Br)(Br)Br. The summed E-state index contributed by atoms with van der Waals surface area (Å²) in [5.41, 5.74) is 4.72. The molecule has 0 aromatic heterocycles. The van der Waals surface area contributed by atoms with Crippen LogP contribution in [0.4, 0.5) is 4.79 Å². The van der Waals surface area contributed by atoms with Crippen LogP contribution in [0.15, 0.2) is 0 Å². The van der Waals surface area contributed by atoms with Crippen molar-refractivity contribution in [2.24, 2.45) is 5.73 Å². The van der Waals surface area contributed by atoms with Gasteiger partial charge in [-0.15, -0.1) is 0 Å². The van der Waals surface area contributed by atoms with E-state index < -0.39 is 14.4 Å². The van der Waals surface area contributed by atoms with Gasteiger partial charge in [0.15, 0.2) is 8.37 Å². The number of carbonyl (C=O) groups excluding carboxylic acids is 1. The molecular formula is C3H5Br3N2O2. The van der Waals surface area contributed by atoms with Crippen molar-refractivity contribution in [1.82, 2.24) is 5.32 Å². The molecule has 0 spiro atoms. The highest BCUT2D eigenvalue weighted by Crippen LogP contribution is 2.35. The van der Waals surface area contributed by atoms with Crippen molar-refractivity contribution in [3.05, 3.63) is 0 Å². The molecule has 0 heterocycles. The molecule has 0 saturated carbocycles. The van der Waals surface area contributed by atoms with Crippen molar-refractivity contribution < 1.29 is 9.90 Å². The van der Waals surface area contributed by atoms with E-state index in [-0.39, 0.29) is 0 Å². The molecule has 0 saturated heterocycles. The lowest BCUT2D eigenvalue weighted by molar-refractivity contribution is 0.156. The Balaban J connectivity index is 3.85. The summed E-state index contributed by atoms with van der Waals surface area (Å²) in [6.45, 7) is 0. The normalized spacial score (nSPS) is 14.4. The molecule has 4 N–H and O–H groups in total. The Morgan fingerprint density at radius 3 is 2.10 bits per heavy atom. The number of aliphatic hydroxyl groups is 1. The molecule has 0 aliphatic rings. The topological polar surface area (TPSA) is 75.4 Å². The molecule has 0 aromatic carbocycles. The molecule has 1 atom stereocenters. The number of alkyl halides is 3. The summed E-state index contributed by atoms with van der Waals surface area (Å²) in [4.78, 5) is 10.1. The lowest BCUT2D eigenvalue weighted by Gasteiger charge is -2.19. The average molecular weight is 341 g/mol. The molecule has 0 radical (unpaired) electrons. The Morgan fingerprint density at radius 1 is 1.60 bits per heavy atom. The van der Waals surface area contributed by atoms with Gasteiger partial charge in [0.2, 0.25) is 0 Å². The van der Waals surface area contributed by atoms with E-state index in [1.54, 1.807) is 0 Å². The number of aliphatic hydroxyl groups excluding tert-OH is 1. The van der Waals surface area contributed by atoms with Gasteiger partial charge in [0.05, 0.1) is 0 Å². The summed E-state index contributed by atoms with van der Waals surface area (Å²) in [6.07, 6.45) is -1.13. The molecule has 10 heavy (non-hydrogen) atoms. The lowest BCUT2D eigenvalue weighted by atomic mass is 10.6. The molecular weight excluding hydrogens is 336 g/mol. The van der Waals surface area contributed by atoms with Crippen molar-refractivity contribution >= 4 is 53.8 Å². The number of primary amides is 1. The van der Waals surface area contributed by atoms with Gasteiger partial charge in [0.25, 0.3) is 0 Å². The number of carbonyl (C=O) groups is 1. The van der Waals surface area contributed by atoms with Gasteiger partial charge in [0.1, 0.15) is 0 Å². The fourth-order valence-electron chi connectivity index (χ4n) is 0.217. The van der Waals surface area contributed by atoms with Crippen molar-refractivity contribution in [3.8, 4) is 0 Å². The number of hydrogen-bond donors (Lipinski definition) is 3. The first-order valence-electron chi connectivity index (χ1n) is 2.15. The first-order valence-corrected chi connectivity index (χ1v) is 4.52. The molecule has 0 rings (SSSR count). The minimum absolute atomic E-state index is 0.796. The van der Waals surface area contributed by atoms with Crippen LogP contribution in [0.3, 0.4) is 0 Å². The highest BCUT2D eigenvalue weighted by molar-refractivity contribution is 9.39. The van der Waals surface area contributed by atoms with Crippen molar-refractivity contribution in [2.75, 3.05) is 0 Å². The zero-order valence-corrected chi connectivity index (χ0v) is 9.40. The number of hydrogen-bond acceptors (Lipinski definition) is 2. The first-order chi connectivity index (χ1) is 4.34. The van der Waals surface area contributed by atoms with Crippen LogP contribution in [-0.4, -0.2) is 19.5 Å². The van der Waals surface area contributed by atoms with Gasteiger partial charge in [-0.1, -0.05) is 47.8 Å². The molecule has 2 amide bonds. The van der Waals surface area contributed by atoms with E-state index in [9.17, 15) is 4.79 Å². The highest BCUT2D eigenvalue weighted by atomic mass is 80.0. The van der Waals surface area contributed by atoms with Gasteiger partial charge in [-0.2, -0.15) is 0 Å². The maximum atomic E-state index is 10.1. The minimum Gasteiger partial charge on any atom is -0.370 e. The van der Waals surface area contributed by atoms with E-state index in [1.807, 2.05) is 5.32 Å². The van der Waals surface area contributed by atoms with Gasteiger partial charge < -0.3 is 16.2 Å². The highest BCUT2D eigenvalue weighted by Gasteiger charge is 2.29. The summed E-state index contributed by atoms with van der Waals surface area (Å²) in [5, 5.41) is 11.0. The fourth-order valence-corrected chi connectivity index (χ4v) is 0.560. The molecule has 0 aliphatic heterocycles. The van der Waals surface area contributed by atoms with Crippen molar-refractivity contribution in [3.63, 3.8) is 0 Å². The predicted molar refractivity (Wildman–Crippen MR) is 48.2 cm³/mol. The molecule has 0 fully saturated rings. The van der Waals surface area contributed by atoms with E-state index >= 15 is 0 Å². The van der Waals surface area contributed by atoms with E-state index in [0.717, 1.165) is 0 Å². The van der Waals surface area contributed by atoms with Crippen LogP contribution < -0.4 is 11.1 Å². The maximum absolute atomic E-state index is 10.1. The van der Waals surface area contributed by atoms with Gasteiger partial charge >= 0.3 is 6.03 Å². The smallest absolute Gasteiger partial charge is 0.314 e. The maximum Gasteiger partial charge on any atom is 0.314 e. The molecule has 4 nitrogen and oxygen atoms in total. The molecule has 0 aromatic rings. The van der Waals surface area contributed by atoms with Gasteiger partial charge in [0, 0.05) is 0 Å². The summed E-state index contributed by atoms with van der Waals surface area (Å²) >= 11 is 8.96. The molecule has 60 valence electrons. The second kappa shape index (κ2) is 3.89. The quantitative estimate of drug-likeness (QED) is 0.488. The van der Waals surface area contributed by atoms with Crippen molar-refractivity contribution in [2.45, 2.75) is 8.37 Å². The second-order valence-corrected chi connectivity index (χ2v) is 8.40. The predicted octanol–water partition coefficient (Wildman–Crippen LogP) is 0.812. The third-order valence-corrected chi connectivity index (χ3v) is 1.89. The third kappa shape index (κ3) is 4.48. The summed E-state index contributed by atoms with van der Waals surface area (Å²) in [5.74, 6) is 0. The summed E-state index contributed by atoms with van der Waals surface area (Å²) < 4.78 is -0.929. The number of halogens is 3. The summed E-state index contributed by atoms with van der Waals surface area (Å²) in [7, 11) is 0. The number of rotatable bonds is 1. The average Bonchev–Trinajstić information content (AvgIpc) is 1.60. The Morgan fingerprint density at radius 2 is 2.00 bits per heavy atom. The largest absolute Gasteiger partial charge is 0.370 e. The van der Waals surface area contributed by atoms with E-state index in [4.69, 9.17) is 10.8 Å². The lowest BCUT2D eigenvalue weighted by Crippen LogP contribution is -2.45. The van der Waals surface area contributed by atoms with Gasteiger partial charge in [-0.25, -0.2) is 4.79 Å². The number of urea groups is 1. The number of nitrogens with two attached hydrogens (primary N) is 1. The first kappa shape index (κ1) is 10.7. The standard InChI is InChI=1S/C3H5Br3N2O2/c4-3(5,6)1(9)8-2(7)10/h1,9H,(H3,7,8,10)/t1-/m0/s1. The summed E-state index contributed by atoms with van der Waals surface area (Å²) in [6, 6.07) is -0.796. The zero-order chi connectivity index (χ0) is 8.36. The van der Waals surface area contributed by atoms with E-state index in [2.05, 4.69) is 47.8 Å². The van der Waals surface area contributed by atoms with Crippen molar-refractivity contribution in [1.29, 1.82) is 0 Å². The van der Waals surface area contributed by atoms with Crippen LogP contribution in [0, 0.1) is 0 Å². The van der Waals surface area contributed by atoms with Crippen LogP contribution in [0.1, 0.15) is 0 Å². The molecule has 0 bridgehead atoms. The van der Waals surface area contributed by atoms with Gasteiger partial charge in [-0.3, -0.25) is 0 Å². The fraction of sp³-hybridized carbons (Fsp3) is 0.667. The Kier molecular flexibility index (Phi) is 4.15.